The fraction of sp³-hybridized carbons (Fsp3) is 0.500. The number of carbonyl (C=O) groups excluding carboxylic acids is 1. The summed E-state index contributed by atoms with van der Waals surface area (Å²) in [6.45, 7) is 0. The van der Waals surface area contributed by atoms with Gasteiger partial charge in [0.15, 0.2) is 5.82 Å². The summed E-state index contributed by atoms with van der Waals surface area (Å²) in [7, 11) is 0. The molecule has 0 spiro atoms. The van der Waals surface area contributed by atoms with Crippen molar-refractivity contribution in [3.8, 4) is 6.07 Å². The highest BCUT2D eigenvalue weighted by Crippen LogP contribution is 2.35. The number of nitrogens with zero attached hydrogens (tertiary/aromatic N) is 2. The van der Waals surface area contributed by atoms with Crippen molar-refractivity contribution >= 4 is 11.6 Å². The van der Waals surface area contributed by atoms with Crippen LogP contribution in [0, 0.1) is 22.6 Å². The first-order valence-electron chi connectivity index (χ1n) is 6.50. The van der Waals surface area contributed by atoms with E-state index in [0.29, 0.717) is 12.8 Å². The standard InChI is InChI=1S/C14H16FN3O/c15-11-9-17-8-5-12(11)18-13(19)14(10-16)6-3-1-2-4-7-14/h5,8-9H,1-4,6-7H2,(H,17,18,19). The maximum absolute atomic E-state index is 13.5. The number of nitrogens with one attached hydrogen (secondary N) is 1. The van der Waals surface area contributed by atoms with E-state index >= 15 is 0 Å². The van der Waals surface area contributed by atoms with Gasteiger partial charge in [0.05, 0.1) is 18.0 Å². The van der Waals surface area contributed by atoms with E-state index < -0.39 is 17.1 Å². The molecule has 0 radical (unpaired) electrons. The number of amides is 1. The Bertz CT molecular complexity index is 502. The second-order valence-corrected chi connectivity index (χ2v) is 4.92. The number of aromatic nitrogens is 1. The zero-order valence-electron chi connectivity index (χ0n) is 10.7. The van der Waals surface area contributed by atoms with Crippen LogP contribution in [-0.4, -0.2) is 10.9 Å². The summed E-state index contributed by atoms with van der Waals surface area (Å²) in [4.78, 5) is 15.9. The first-order chi connectivity index (χ1) is 9.18. The minimum Gasteiger partial charge on any atom is -0.322 e. The van der Waals surface area contributed by atoms with Gasteiger partial charge in [-0.2, -0.15) is 5.26 Å². The molecule has 1 aromatic heterocycles. The van der Waals surface area contributed by atoms with Crippen molar-refractivity contribution in [1.82, 2.24) is 4.98 Å². The normalized spacial score (nSPS) is 18.1. The van der Waals surface area contributed by atoms with Crippen molar-refractivity contribution in [3.63, 3.8) is 0 Å². The van der Waals surface area contributed by atoms with Crippen LogP contribution < -0.4 is 5.32 Å². The first kappa shape index (κ1) is 13.5. The van der Waals surface area contributed by atoms with E-state index in [1.54, 1.807) is 0 Å². The lowest BCUT2D eigenvalue weighted by atomic mass is 9.81. The molecule has 4 nitrogen and oxygen atoms in total. The van der Waals surface area contributed by atoms with Crippen molar-refractivity contribution < 1.29 is 9.18 Å². The third kappa shape index (κ3) is 2.90. The van der Waals surface area contributed by atoms with E-state index in [1.165, 1.54) is 12.3 Å². The van der Waals surface area contributed by atoms with Crippen molar-refractivity contribution in [2.45, 2.75) is 38.5 Å². The first-order valence-corrected chi connectivity index (χ1v) is 6.50. The SMILES string of the molecule is N#CC1(C(=O)Nc2ccncc2F)CCCCCC1. The molecule has 1 aromatic rings. The molecule has 0 aromatic carbocycles. The van der Waals surface area contributed by atoms with Crippen molar-refractivity contribution in [1.29, 1.82) is 5.26 Å². The number of nitriles is 1. The summed E-state index contributed by atoms with van der Waals surface area (Å²) >= 11 is 0. The van der Waals surface area contributed by atoms with E-state index in [4.69, 9.17) is 0 Å². The Morgan fingerprint density at radius 1 is 1.37 bits per heavy atom. The Hall–Kier alpha value is -1.96. The molecule has 0 atom stereocenters. The van der Waals surface area contributed by atoms with E-state index in [0.717, 1.165) is 31.9 Å². The molecule has 100 valence electrons. The zero-order chi connectivity index (χ0) is 13.7. The second-order valence-electron chi connectivity index (χ2n) is 4.92. The molecule has 0 unspecified atom stereocenters. The van der Waals surface area contributed by atoms with Gasteiger partial charge in [-0.1, -0.05) is 25.7 Å². The summed E-state index contributed by atoms with van der Waals surface area (Å²) in [6.07, 6.45) is 7.34. The number of pyridine rings is 1. The monoisotopic (exact) mass is 261 g/mol. The van der Waals surface area contributed by atoms with E-state index in [9.17, 15) is 14.4 Å². The van der Waals surface area contributed by atoms with Crippen LogP contribution in [0.3, 0.4) is 0 Å². The quantitative estimate of drug-likeness (QED) is 0.832. The molecule has 1 fully saturated rings. The van der Waals surface area contributed by atoms with Crippen LogP contribution in [0.5, 0.6) is 0 Å². The van der Waals surface area contributed by atoms with Gasteiger partial charge >= 0.3 is 0 Å². The lowest BCUT2D eigenvalue weighted by Crippen LogP contribution is -2.34. The predicted molar refractivity (Wildman–Crippen MR) is 68.6 cm³/mol. The predicted octanol–water partition coefficient (Wildman–Crippen LogP) is 3.02. The van der Waals surface area contributed by atoms with Gasteiger partial charge in [-0.05, 0) is 18.9 Å². The number of rotatable bonds is 2. The molecule has 2 rings (SSSR count). The van der Waals surface area contributed by atoms with Crippen LogP contribution in [0.2, 0.25) is 0 Å². The number of halogens is 1. The van der Waals surface area contributed by atoms with Crippen LogP contribution in [0.15, 0.2) is 18.5 Å². The van der Waals surface area contributed by atoms with Crippen molar-refractivity contribution in [2.75, 3.05) is 5.32 Å². The minimum absolute atomic E-state index is 0.0823. The fourth-order valence-corrected chi connectivity index (χ4v) is 2.44. The highest BCUT2D eigenvalue weighted by molar-refractivity contribution is 5.97. The molecule has 1 saturated carbocycles. The molecule has 1 heterocycles. The molecule has 0 saturated heterocycles. The molecular weight excluding hydrogens is 245 g/mol. The minimum atomic E-state index is -1.02. The van der Waals surface area contributed by atoms with Crippen LogP contribution in [0.4, 0.5) is 10.1 Å². The molecule has 1 amide bonds. The third-order valence-electron chi connectivity index (χ3n) is 3.63. The van der Waals surface area contributed by atoms with Crippen molar-refractivity contribution in [3.05, 3.63) is 24.3 Å². The van der Waals surface area contributed by atoms with Gasteiger partial charge < -0.3 is 5.32 Å². The smallest absolute Gasteiger partial charge is 0.244 e. The molecule has 5 heteroatoms. The van der Waals surface area contributed by atoms with Gasteiger partial charge in [0.2, 0.25) is 5.91 Å². The summed E-state index contributed by atoms with van der Waals surface area (Å²) < 4.78 is 13.5. The van der Waals surface area contributed by atoms with Gasteiger partial charge in [0.25, 0.3) is 0 Å². The molecular formula is C14H16FN3O. The Balaban J connectivity index is 2.17. The van der Waals surface area contributed by atoms with Gasteiger partial charge in [0.1, 0.15) is 5.41 Å². The maximum atomic E-state index is 13.5. The lowest BCUT2D eigenvalue weighted by molar-refractivity contribution is -0.123. The van der Waals surface area contributed by atoms with Crippen LogP contribution in [0.1, 0.15) is 38.5 Å². The topological polar surface area (TPSA) is 65.8 Å². The van der Waals surface area contributed by atoms with Crippen LogP contribution >= 0.6 is 0 Å². The molecule has 1 N–H and O–H groups in total. The molecule has 1 aliphatic rings. The number of carbonyl (C=O) groups is 1. The van der Waals surface area contributed by atoms with Gasteiger partial charge in [-0.3, -0.25) is 9.78 Å². The maximum Gasteiger partial charge on any atom is 0.244 e. The van der Waals surface area contributed by atoms with Crippen molar-refractivity contribution in [2.24, 2.45) is 5.41 Å². The third-order valence-corrected chi connectivity index (χ3v) is 3.63. The highest BCUT2D eigenvalue weighted by Gasteiger charge is 2.39. The molecule has 0 aliphatic heterocycles. The van der Waals surface area contributed by atoms with Crippen LogP contribution in [-0.2, 0) is 4.79 Å². The fourth-order valence-electron chi connectivity index (χ4n) is 2.44. The lowest BCUT2D eigenvalue weighted by Gasteiger charge is -2.23. The largest absolute Gasteiger partial charge is 0.322 e. The Kier molecular flexibility index (Phi) is 4.10. The number of hydrogen-bond donors (Lipinski definition) is 1. The number of hydrogen-bond acceptors (Lipinski definition) is 3. The van der Waals surface area contributed by atoms with E-state index in [1.807, 2.05) is 0 Å². The Labute approximate surface area is 111 Å². The molecule has 19 heavy (non-hydrogen) atoms. The van der Waals surface area contributed by atoms with Gasteiger partial charge in [0, 0.05) is 6.20 Å². The van der Waals surface area contributed by atoms with Crippen LogP contribution in [0.25, 0.3) is 0 Å². The summed E-state index contributed by atoms with van der Waals surface area (Å²) in [5.41, 5.74) is -0.939. The average molecular weight is 261 g/mol. The summed E-state index contributed by atoms with van der Waals surface area (Å²) in [5, 5.41) is 11.9. The summed E-state index contributed by atoms with van der Waals surface area (Å²) in [6, 6.07) is 3.54. The zero-order valence-corrected chi connectivity index (χ0v) is 10.7. The number of anilines is 1. The van der Waals surface area contributed by atoms with Gasteiger partial charge in [-0.15, -0.1) is 0 Å². The summed E-state index contributed by atoms with van der Waals surface area (Å²) in [5.74, 6) is -0.987. The molecule has 1 aliphatic carbocycles. The van der Waals surface area contributed by atoms with E-state index in [-0.39, 0.29) is 5.69 Å². The highest BCUT2D eigenvalue weighted by atomic mass is 19.1. The Morgan fingerprint density at radius 3 is 2.63 bits per heavy atom. The average Bonchev–Trinajstić information content (AvgIpc) is 2.67. The molecule has 0 bridgehead atoms. The van der Waals surface area contributed by atoms with E-state index in [2.05, 4.69) is 16.4 Å². The second kappa shape index (κ2) is 5.79. The Morgan fingerprint density at radius 2 is 2.05 bits per heavy atom. The van der Waals surface area contributed by atoms with Gasteiger partial charge in [-0.25, -0.2) is 4.39 Å².